The van der Waals surface area contributed by atoms with Gasteiger partial charge >= 0.3 is 0 Å². The predicted octanol–water partition coefficient (Wildman–Crippen LogP) is 4.59. The van der Waals surface area contributed by atoms with Gasteiger partial charge in [0, 0.05) is 23.1 Å². The molecule has 1 aliphatic rings. The molecule has 26 heavy (non-hydrogen) atoms. The normalized spacial score (nSPS) is 13.8. The molecule has 2 aromatic heterocycles. The first-order chi connectivity index (χ1) is 12.6. The van der Waals surface area contributed by atoms with Crippen LogP contribution in [0.5, 0.6) is 17.2 Å². The Morgan fingerprint density at radius 1 is 1.04 bits per heavy atom. The first-order valence-electron chi connectivity index (χ1n) is 8.59. The van der Waals surface area contributed by atoms with Gasteiger partial charge in [-0.05, 0) is 37.5 Å². The second kappa shape index (κ2) is 6.76. The standard InChI is InChI=1S/C20H22N2O3S/c1-12-7-13(8-17(24-3)20(12)25-4)15-10-21-19-9-16(23-2)18(11-22(15)19)26-14-5-6-14/h7-11,14H,5-6H2,1-4H3. The van der Waals surface area contributed by atoms with Gasteiger partial charge in [-0.3, -0.25) is 4.40 Å². The molecule has 0 atom stereocenters. The summed E-state index contributed by atoms with van der Waals surface area (Å²) < 4.78 is 18.7. The molecule has 2 heterocycles. The number of ether oxygens (including phenoxy) is 3. The summed E-state index contributed by atoms with van der Waals surface area (Å²) in [5.74, 6) is 2.37. The van der Waals surface area contributed by atoms with E-state index in [1.165, 1.54) is 12.8 Å². The lowest BCUT2D eigenvalue weighted by Gasteiger charge is -2.13. The van der Waals surface area contributed by atoms with E-state index in [9.17, 15) is 0 Å². The minimum Gasteiger partial charge on any atom is -0.495 e. The number of hydrogen-bond donors (Lipinski definition) is 0. The third-order valence-electron chi connectivity index (χ3n) is 4.57. The van der Waals surface area contributed by atoms with Crippen LogP contribution in [-0.2, 0) is 0 Å². The maximum Gasteiger partial charge on any atom is 0.163 e. The second-order valence-electron chi connectivity index (χ2n) is 6.42. The molecule has 5 nitrogen and oxygen atoms in total. The summed E-state index contributed by atoms with van der Waals surface area (Å²) in [6.07, 6.45) is 6.57. The number of aryl methyl sites for hydroxylation is 1. The van der Waals surface area contributed by atoms with Crippen LogP contribution in [0.2, 0.25) is 0 Å². The van der Waals surface area contributed by atoms with Gasteiger partial charge in [-0.15, -0.1) is 11.8 Å². The average molecular weight is 370 g/mol. The van der Waals surface area contributed by atoms with Crippen molar-refractivity contribution in [1.82, 2.24) is 9.38 Å². The van der Waals surface area contributed by atoms with Crippen LogP contribution in [0.3, 0.4) is 0 Å². The molecule has 0 bridgehead atoms. The fraction of sp³-hybridized carbons (Fsp3) is 0.350. The molecule has 6 heteroatoms. The minimum absolute atomic E-state index is 0.705. The Kier molecular flexibility index (Phi) is 4.44. The Morgan fingerprint density at radius 3 is 2.46 bits per heavy atom. The third kappa shape index (κ3) is 2.98. The number of nitrogens with zero attached hydrogens (tertiary/aromatic N) is 2. The van der Waals surface area contributed by atoms with Crippen LogP contribution in [-0.4, -0.2) is 36.0 Å². The molecule has 0 N–H and O–H groups in total. The van der Waals surface area contributed by atoms with E-state index in [1.807, 2.05) is 37.0 Å². The molecule has 0 aliphatic heterocycles. The van der Waals surface area contributed by atoms with Gasteiger partial charge < -0.3 is 14.2 Å². The molecule has 136 valence electrons. The number of thioether (sulfide) groups is 1. The fourth-order valence-corrected chi connectivity index (χ4v) is 4.27. The number of fused-ring (bicyclic) bond motifs is 1. The van der Waals surface area contributed by atoms with Crippen LogP contribution >= 0.6 is 11.8 Å². The van der Waals surface area contributed by atoms with E-state index in [-0.39, 0.29) is 0 Å². The first kappa shape index (κ1) is 17.1. The largest absolute Gasteiger partial charge is 0.495 e. The van der Waals surface area contributed by atoms with Crippen molar-refractivity contribution in [2.24, 2.45) is 0 Å². The van der Waals surface area contributed by atoms with Gasteiger partial charge in [-0.25, -0.2) is 4.98 Å². The average Bonchev–Trinajstić information content (AvgIpc) is 3.37. The van der Waals surface area contributed by atoms with Crippen LogP contribution < -0.4 is 14.2 Å². The van der Waals surface area contributed by atoms with Gasteiger partial charge in [0.2, 0.25) is 0 Å². The summed E-state index contributed by atoms with van der Waals surface area (Å²) in [5.41, 5.74) is 3.95. The van der Waals surface area contributed by atoms with Crippen LogP contribution in [0.1, 0.15) is 18.4 Å². The van der Waals surface area contributed by atoms with Gasteiger partial charge in [-0.2, -0.15) is 0 Å². The summed E-state index contributed by atoms with van der Waals surface area (Å²) >= 11 is 1.88. The minimum atomic E-state index is 0.705. The Bertz CT molecular complexity index is 963. The van der Waals surface area contributed by atoms with Crippen LogP contribution in [0.25, 0.3) is 16.9 Å². The molecule has 0 amide bonds. The molecule has 0 unspecified atom stereocenters. The first-order valence-corrected chi connectivity index (χ1v) is 9.47. The molecular formula is C20H22N2O3S. The van der Waals surface area contributed by atoms with Gasteiger partial charge in [0.15, 0.2) is 11.5 Å². The van der Waals surface area contributed by atoms with Crippen LogP contribution in [0.15, 0.2) is 35.5 Å². The van der Waals surface area contributed by atoms with Gasteiger partial charge in [0.05, 0.1) is 38.1 Å². The van der Waals surface area contributed by atoms with Gasteiger partial charge in [-0.1, -0.05) is 0 Å². The molecule has 0 radical (unpaired) electrons. The van der Waals surface area contributed by atoms with Crippen molar-refractivity contribution < 1.29 is 14.2 Å². The smallest absolute Gasteiger partial charge is 0.163 e. The van der Waals surface area contributed by atoms with Crippen molar-refractivity contribution in [2.75, 3.05) is 21.3 Å². The monoisotopic (exact) mass is 370 g/mol. The van der Waals surface area contributed by atoms with Crippen molar-refractivity contribution in [2.45, 2.75) is 29.9 Å². The second-order valence-corrected chi connectivity index (χ2v) is 7.77. The van der Waals surface area contributed by atoms with E-state index in [4.69, 9.17) is 14.2 Å². The summed E-state index contributed by atoms with van der Waals surface area (Å²) in [4.78, 5) is 5.72. The highest BCUT2D eigenvalue weighted by molar-refractivity contribution is 8.00. The number of pyridine rings is 1. The molecule has 4 rings (SSSR count). The molecule has 1 aliphatic carbocycles. The quantitative estimate of drug-likeness (QED) is 0.635. The summed E-state index contributed by atoms with van der Waals surface area (Å²) in [6, 6.07) is 6.10. The fourth-order valence-electron chi connectivity index (χ4n) is 3.12. The SMILES string of the molecule is COc1cc2ncc(-c3cc(C)c(OC)c(OC)c3)n2cc1SC1CC1. The Hall–Kier alpha value is -2.34. The number of benzene rings is 1. The number of rotatable bonds is 6. The van der Waals surface area contributed by atoms with Crippen LogP contribution in [0.4, 0.5) is 0 Å². The highest BCUT2D eigenvalue weighted by atomic mass is 32.2. The van der Waals surface area contributed by atoms with E-state index in [2.05, 4.69) is 21.6 Å². The lowest BCUT2D eigenvalue weighted by molar-refractivity contribution is 0.353. The molecular weight excluding hydrogens is 348 g/mol. The Labute approximate surface area is 157 Å². The summed E-state index contributed by atoms with van der Waals surface area (Å²) in [6.45, 7) is 2.02. The lowest BCUT2D eigenvalue weighted by Crippen LogP contribution is -1.97. The van der Waals surface area contributed by atoms with Crippen molar-refractivity contribution in [3.8, 4) is 28.5 Å². The van der Waals surface area contributed by atoms with Crippen molar-refractivity contribution in [1.29, 1.82) is 0 Å². The number of methoxy groups -OCH3 is 3. The zero-order valence-electron chi connectivity index (χ0n) is 15.4. The topological polar surface area (TPSA) is 45.0 Å². The number of hydrogen-bond acceptors (Lipinski definition) is 5. The van der Waals surface area contributed by atoms with Crippen molar-refractivity contribution in [3.05, 3.63) is 36.2 Å². The Morgan fingerprint density at radius 2 is 1.81 bits per heavy atom. The van der Waals surface area contributed by atoms with Crippen LogP contribution in [0, 0.1) is 6.92 Å². The molecule has 1 saturated carbocycles. The Balaban J connectivity index is 1.85. The highest BCUT2D eigenvalue weighted by Crippen LogP contribution is 2.43. The predicted molar refractivity (Wildman–Crippen MR) is 104 cm³/mol. The highest BCUT2D eigenvalue weighted by Gasteiger charge is 2.25. The van der Waals surface area contributed by atoms with E-state index < -0.39 is 0 Å². The maximum atomic E-state index is 5.57. The summed E-state index contributed by atoms with van der Waals surface area (Å²) in [5, 5.41) is 0.705. The number of aromatic nitrogens is 2. The van der Waals surface area contributed by atoms with E-state index in [1.54, 1.807) is 21.3 Å². The van der Waals surface area contributed by atoms with Gasteiger partial charge in [0.1, 0.15) is 11.4 Å². The van der Waals surface area contributed by atoms with E-state index >= 15 is 0 Å². The van der Waals surface area contributed by atoms with E-state index in [0.717, 1.165) is 44.6 Å². The van der Waals surface area contributed by atoms with Gasteiger partial charge in [0.25, 0.3) is 0 Å². The maximum absolute atomic E-state index is 5.57. The molecule has 0 spiro atoms. The zero-order chi connectivity index (χ0) is 18.3. The molecule has 3 aromatic rings. The molecule has 1 aromatic carbocycles. The molecule has 0 saturated heterocycles. The zero-order valence-corrected chi connectivity index (χ0v) is 16.2. The van der Waals surface area contributed by atoms with Crippen molar-refractivity contribution >= 4 is 17.4 Å². The van der Waals surface area contributed by atoms with E-state index in [0.29, 0.717) is 5.25 Å². The third-order valence-corrected chi connectivity index (χ3v) is 5.94. The lowest BCUT2D eigenvalue weighted by atomic mass is 10.1. The number of imidazole rings is 1. The van der Waals surface area contributed by atoms with Crippen molar-refractivity contribution in [3.63, 3.8) is 0 Å². The molecule has 1 fully saturated rings. The summed E-state index contributed by atoms with van der Waals surface area (Å²) in [7, 11) is 5.03.